The van der Waals surface area contributed by atoms with Gasteiger partial charge in [0.1, 0.15) is 16.6 Å². The van der Waals surface area contributed by atoms with Gasteiger partial charge < -0.3 is 5.11 Å². The van der Waals surface area contributed by atoms with Crippen LogP contribution in [0.1, 0.15) is 24.8 Å². The lowest BCUT2D eigenvalue weighted by molar-refractivity contribution is -0.140. The van der Waals surface area contributed by atoms with Gasteiger partial charge in [-0.15, -0.1) is 0 Å². The third kappa shape index (κ3) is 5.30. The molecule has 12 heteroatoms. The van der Waals surface area contributed by atoms with E-state index in [-0.39, 0.29) is 14.1 Å². The molecule has 5 rings (SSSR count). The maximum atomic E-state index is 13.3. The van der Waals surface area contributed by atoms with Crippen LogP contribution in [0, 0.1) is 0 Å². The second kappa shape index (κ2) is 10.8. The van der Waals surface area contributed by atoms with Crippen molar-refractivity contribution in [3.63, 3.8) is 0 Å². The number of thiocarbonyl (C=S) groups is 1. The molecule has 0 aliphatic carbocycles. The molecular formula is C26H24N4O5S3. The molecule has 3 heterocycles. The number of rotatable bonds is 7. The fraction of sp³-hybridized carbons (Fsp3) is 0.231. The first kappa shape index (κ1) is 26.3. The van der Waals surface area contributed by atoms with E-state index in [2.05, 4.69) is 0 Å². The largest absolute Gasteiger partial charge is 0.480 e. The van der Waals surface area contributed by atoms with Crippen LogP contribution in [0.3, 0.4) is 0 Å². The van der Waals surface area contributed by atoms with Crippen LogP contribution < -0.4 is 0 Å². The Labute approximate surface area is 229 Å². The monoisotopic (exact) mass is 568 g/mol. The van der Waals surface area contributed by atoms with Crippen molar-refractivity contribution in [2.75, 3.05) is 19.6 Å². The lowest BCUT2D eigenvalue weighted by atomic mass is 10.1. The SMILES string of the molecule is O=C(O)CN1C(=O)C(=Cc2cn(-c3ccccc3)nc2-c2cccc(S(=O)(=O)N3CCCCC3)c2)SC1=S. The molecule has 1 aromatic heterocycles. The molecule has 0 saturated carbocycles. The number of hydrogen-bond acceptors (Lipinski definition) is 7. The highest BCUT2D eigenvalue weighted by Gasteiger charge is 2.34. The van der Waals surface area contributed by atoms with Crippen LogP contribution >= 0.6 is 24.0 Å². The van der Waals surface area contributed by atoms with E-state index in [0.717, 1.165) is 41.6 Å². The number of hydrogen-bond donors (Lipinski definition) is 1. The number of carboxylic acids is 1. The summed E-state index contributed by atoms with van der Waals surface area (Å²) in [7, 11) is -3.66. The summed E-state index contributed by atoms with van der Waals surface area (Å²) in [5, 5.41) is 13.9. The van der Waals surface area contributed by atoms with E-state index in [1.807, 2.05) is 30.3 Å². The first-order chi connectivity index (χ1) is 18.2. The quantitative estimate of drug-likeness (QED) is 0.336. The minimum Gasteiger partial charge on any atom is -0.480 e. The summed E-state index contributed by atoms with van der Waals surface area (Å²) >= 11 is 6.25. The normalized spacial score (nSPS) is 17.9. The standard InChI is InChI=1S/C26H24N4O5S3/c31-23(32)17-29-25(33)22(37-26(29)36)15-19-16-30(20-9-3-1-4-10-20)27-24(19)18-8-7-11-21(14-18)38(34,35)28-12-5-2-6-13-28/h1,3-4,7-11,14-16H,2,5-6,12-13,17H2,(H,31,32). The highest BCUT2D eigenvalue weighted by Crippen LogP contribution is 2.35. The van der Waals surface area contributed by atoms with Gasteiger partial charge in [-0.05, 0) is 43.2 Å². The molecule has 0 atom stereocenters. The van der Waals surface area contributed by atoms with Gasteiger partial charge in [-0.1, -0.05) is 60.7 Å². The summed E-state index contributed by atoms with van der Waals surface area (Å²) < 4.78 is 30.0. The van der Waals surface area contributed by atoms with E-state index < -0.39 is 28.4 Å². The van der Waals surface area contributed by atoms with Crippen LogP contribution in [-0.2, 0) is 19.6 Å². The summed E-state index contributed by atoms with van der Waals surface area (Å²) in [4.78, 5) is 25.6. The number of aromatic nitrogens is 2. The van der Waals surface area contributed by atoms with E-state index in [1.165, 1.54) is 4.31 Å². The van der Waals surface area contributed by atoms with Crippen LogP contribution in [0.5, 0.6) is 0 Å². The van der Waals surface area contributed by atoms with Crippen molar-refractivity contribution in [2.24, 2.45) is 0 Å². The van der Waals surface area contributed by atoms with Crippen LogP contribution in [0.2, 0.25) is 0 Å². The van der Waals surface area contributed by atoms with Gasteiger partial charge in [0, 0.05) is 30.4 Å². The number of carboxylic acid groups (broad SMARTS) is 1. The van der Waals surface area contributed by atoms with E-state index in [0.29, 0.717) is 29.9 Å². The molecule has 2 aliphatic heterocycles. The number of carbonyl (C=O) groups is 2. The van der Waals surface area contributed by atoms with E-state index in [4.69, 9.17) is 22.4 Å². The van der Waals surface area contributed by atoms with Gasteiger partial charge in [-0.25, -0.2) is 13.1 Å². The van der Waals surface area contributed by atoms with E-state index >= 15 is 0 Å². The number of thioether (sulfide) groups is 1. The molecule has 3 aromatic rings. The van der Waals surface area contributed by atoms with E-state index in [9.17, 15) is 18.0 Å². The zero-order valence-corrected chi connectivity index (χ0v) is 22.6. The first-order valence-electron chi connectivity index (χ1n) is 12.0. The molecule has 38 heavy (non-hydrogen) atoms. The molecule has 0 radical (unpaired) electrons. The minimum absolute atomic E-state index is 0.162. The number of carbonyl (C=O) groups excluding carboxylic acids is 1. The summed E-state index contributed by atoms with van der Waals surface area (Å²) in [6.45, 7) is 0.478. The molecule has 2 aromatic carbocycles. The number of para-hydroxylation sites is 1. The summed E-state index contributed by atoms with van der Waals surface area (Å²) in [5.74, 6) is -1.66. The second-order valence-corrected chi connectivity index (χ2v) is 12.5. The van der Waals surface area contributed by atoms with Crippen molar-refractivity contribution in [3.8, 4) is 16.9 Å². The van der Waals surface area contributed by atoms with Crippen LogP contribution in [-0.4, -0.2) is 68.3 Å². The Hall–Kier alpha value is -3.32. The molecule has 196 valence electrons. The third-order valence-corrected chi connectivity index (χ3v) is 9.55. The predicted octanol–water partition coefficient (Wildman–Crippen LogP) is 4.00. The molecule has 2 saturated heterocycles. The maximum absolute atomic E-state index is 13.3. The fourth-order valence-corrected chi connectivity index (χ4v) is 7.21. The van der Waals surface area contributed by atoms with Crippen molar-refractivity contribution in [2.45, 2.75) is 24.2 Å². The summed E-state index contributed by atoms with van der Waals surface area (Å²) in [6.07, 6.45) is 6.06. The van der Waals surface area contributed by atoms with Gasteiger partial charge in [0.15, 0.2) is 0 Å². The fourth-order valence-electron chi connectivity index (χ4n) is 4.40. The molecule has 1 N–H and O–H groups in total. The number of amides is 1. The molecule has 9 nitrogen and oxygen atoms in total. The molecule has 2 aliphatic rings. The number of sulfonamides is 1. The van der Waals surface area contributed by atoms with E-state index in [1.54, 1.807) is 41.2 Å². The highest BCUT2D eigenvalue weighted by atomic mass is 32.2. The van der Waals surface area contributed by atoms with Gasteiger partial charge in [0.2, 0.25) is 10.0 Å². The van der Waals surface area contributed by atoms with Crippen molar-refractivity contribution in [3.05, 3.63) is 71.3 Å². The molecule has 0 unspecified atom stereocenters. The zero-order chi connectivity index (χ0) is 26.9. The van der Waals surface area contributed by atoms with Crippen molar-refractivity contribution >= 4 is 56.3 Å². The third-order valence-electron chi connectivity index (χ3n) is 6.28. The van der Waals surface area contributed by atoms with Gasteiger partial charge >= 0.3 is 5.97 Å². The van der Waals surface area contributed by atoms with Gasteiger partial charge in [-0.2, -0.15) is 9.40 Å². The summed E-state index contributed by atoms with van der Waals surface area (Å²) in [6, 6.07) is 16.0. The Morgan fingerprint density at radius 2 is 1.82 bits per heavy atom. The van der Waals surface area contributed by atoms with Crippen molar-refractivity contribution < 1.29 is 23.1 Å². The van der Waals surface area contributed by atoms with Crippen LogP contribution in [0.4, 0.5) is 0 Å². The Balaban J connectivity index is 1.58. The smallest absolute Gasteiger partial charge is 0.323 e. The van der Waals surface area contributed by atoms with Crippen LogP contribution in [0.25, 0.3) is 23.0 Å². The molecule has 0 bridgehead atoms. The van der Waals surface area contributed by atoms with Gasteiger partial charge in [-0.3, -0.25) is 14.5 Å². The lowest BCUT2D eigenvalue weighted by Gasteiger charge is -2.26. The average molecular weight is 569 g/mol. The molecule has 1 amide bonds. The lowest BCUT2D eigenvalue weighted by Crippen LogP contribution is -2.35. The Kier molecular flexibility index (Phi) is 7.48. The number of nitrogens with zero attached hydrogens (tertiary/aromatic N) is 4. The Morgan fingerprint density at radius 1 is 1.08 bits per heavy atom. The molecule has 2 fully saturated rings. The second-order valence-electron chi connectivity index (χ2n) is 8.87. The van der Waals surface area contributed by atoms with Gasteiger partial charge in [0.25, 0.3) is 5.91 Å². The van der Waals surface area contributed by atoms with Crippen LogP contribution in [0.15, 0.2) is 70.6 Å². The first-order valence-corrected chi connectivity index (χ1v) is 14.6. The topological polar surface area (TPSA) is 113 Å². The number of aliphatic carboxylic acids is 1. The van der Waals surface area contributed by atoms with Crippen molar-refractivity contribution in [1.29, 1.82) is 0 Å². The Bertz CT molecular complexity index is 1540. The van der Waals surface area contributed by atoms with Crippen molar-refractivity contribution in [1.82, 2.24) is 19.0 Å². The predicted molar refractivity (Wildman–Crippen MR) is 149 cm³/mol. The maximum Gasteiger partial charge on any atom is 0.323 e. The van der Waals surface area contributed by atoms with Gasteiger partial charge in [0.05, 0.1) is 15.5 Å². The summed E-state index contributed by atoms with van der Waals surface area (Å²) in [5.41, 5.74) is 2.40. The number of piperidine rings is 1. The molecule has 0 spiro atoms. The highest BCUT2D eigenvalue weighted by molar-refractivity contribution is 8.26. The molecular weight excluding hydrogens is 545 g/mol. The average Bonchev–Trinajstić information content (AvgIpc) is 3.46. The zero-order valence-electron chi connectivity index (χ0n) is 20.2. The Morgan fingerprint density at radius 3 is 2.53 bits per heavy atom. The number of benzene rings is 2. The minimum atomic E-state index is -3.66.